The quantitative estimate of drug-likeness (QED) is 0.388. The van der Waals surface area contributed by atoms with Crippen LogP contribution in [-0.4, -0.2) is 40.3 Å². The van der Waals surface area contributed by atoms with Crippen LogP contribution in [0.25, 0.3) is 5.57 Å². The molecule has 0 atom stereocenters. The summed E-state index contributed by atoms with van der Waals surface area (Å²) in [5, 5.41) is 0. The van der Waals surface area contributed by atoms with Gasteiger partial charge in [0.05, 0.1) is 6.61 Å². The predicted molar refractivity (Wildman–Crippen MR) is 145 cm³/mol. The number of para-hydroxylation sites is 1. The lowest BCUT2D eigenvalue weighted by atomic mass is 9.53. The minimum atomic E-state index is 0.134. The third-order valence-electron chi connectivity index (χ3n) is 9.48. The molecule has 0 unspecified atom stereocenters. The monoisotopic (exact) mass is 489 g/mol. The van der Waals surface area contributed by atoms with Crippen molar-refractivity contribution in [2.75, 3.05) is 26.2 Å². The van der Waals surface area contributed by atoms with E-state index in [0.717, 1.165) is 82.0 Å². The SMILES string of the molecule is CCCOc1ccccc1C1=CCN(CCCCn2ccn(C34CC5CC(CC(C5)C3)C4)c2=O)CC1. The van der Waals surface area contributed by atoms with E-state index in [-0.39, 0.29) is 11.2 Å². The first-order valence-electron chi connectivity index (χ1n) is 14.6. The van der Waals surface area contributed by atoms with E-state index in [1.807, 2.05) is 4.57 Å². The Labute approximate surface area is 216 Å². The Kier molecular flexibility index (Phi) is 6.85. The molecule has 1 aliphatic heterocycles. The second-order valence-electron chi connectivity index (χ2n) is 12.1. The highest BCUT2D eigenvalue weighted by atomic mass is 16.5. The van der Waals surface area contributed by atoms with Crippen molar-refractivity contribution < 1.29 is 4.74 Å². The van der Waals surface area contributed by atoms with Crippen LogP contribution in [0.15, 0.2) is 47.5 Å². The van der Waals surface area contributed by atoms with Crippen molar-refractivity contribution in [3.63, 3.8) is 0 Å². The van der Waals surface area contributed by atoms with Crippen LogP contribution in [0.3, 0.4) is 0 Å². The molecule has 0 spiro atoms. The second kappa shape index (κ2) is 10.2. The van der Waals surface area contributed by atoms with Crippen LogP contribution < -0.4 is 10.4 Å². The van der Waals surface area contributed by atoms with Gasteiger partial charge in [0, 0.05) is 43.1 Å². The third kappa shape index (κ3) is 4.71. The highest BCUT2D eigenvalue weighted by Crippen LogP contribution is 2.58. The third-order valence-corrected chi connectivity index (χ3v) is 9.48. The minimum absolute atomic E-state index is 0.134. The van der Waals surface area contributed by atoms with E-state index in [0.29, 0.717) is 0 Å². The number of ether oxygens (including phenoxy) is 1. The van der Waals surface area contributed by atoms with Crippen LogP contribution >= 0.6 is 0 Å². The van der Waals surface area contributed by atoms with Crippen LogP contribution in [0.2, 0.25) is 0 Å². The molecule has 0 amide bonds. The molecule has 4 aliphatic carbocycles. The fourth-order valence-corrected chi connectivity index (χ4v) is 8.15. The summed E-state index contributed by atoms with van der Waals surface area (Å²) in [6.07, 6.45) is 18.8. The van der Waals surface area contributed by atoms with Crippen LogP contribution in [-0.2, 0) is 12.1 Å². The molecular formula is C31H43N3O2. The van der Waals surface area contributed by atoms with E-state index < -0.39 is 0 Å². The van der Waals surface area contributed by atoms with Gasteiger partial charge in [-0.15, -0.1) is 0 Å². The Morgan fingerprint density at radius 1 is 0.972 bits per heavy atom. The number of unbranched alkanes of at least 4 members (excludes halogenated alkanes) is 1. The van der Waals surface area contributed by atoms with Crippen molar-refractivity contribution >= 4 is 5.57 Å². The normalized spacial score (nSPS) is 29.5. The van der Waals surface area contributed by atoms with Gasteiger partial charge in [-0.05, 0) is 100 Å². The molecule has 36 heavy (non-hydrogen) atoms. The van der Waals surface area contributed by atoms with Crippen LogP contribution in [0.5, 0.6) is 5.75 Å². The fourth-order valence-electron chi connectivity index (χ4n) is 8.15. The minimum Gasteiger partial charge on any atom is -0.493 e. The van der Waals surface area contributed by atoms with Gasteiger partial charge in [0.2, 0.25) is 0 Å². The molecule has 5 aliphatic rings. The number of nitrogens with zero attached hydrogens (tertiary/aromatic N) is 3. The molecule has 2 heterocycles. The van der Waals surface area contributed by atoms with Crippen molar-refractivity contribution in [1.82, 2.24) is 14.0 Å². The summed E-state index contributed by atoms with van der Waals surface area (Å²) in [4.78, 5) is 15.9. The Bertz CT molecular complexity index is 1110. The fraction of sp³-hybridized carbons (Fsp3) is 0.645. The van der Waals surface area contributed by atoms with Crippen LogP contribution in [0.1, 0.15) is 76.7 Å². The summed E-state index contributed by atoms with van der Waals surface area (Å²) in [6.45, 7) is 6.95. The zero-order valence-corrected chi connectivity index (χ0v) is 22.0. The molecule has 4 saturated carbocycles. The lowest BCUT2D eigenvalue weighted by Crippen LogP contribution is -2.54. The lowest BCUT2D eigenvalue weighted by Gasteiger charge is -2.56. The average Bonchev–Trinajstić information content (AvgIpc) is 3.26. The van der Waals surface area contributed by atoms with Gasteiger partial charge in [0.1, 0.15) is 5.75 Å². The first-order chi connectivity index (χ1) is 17.6. The summed E-state index contributed by atoms with van der Waals surface area (Å²) in [6, 6.07) is 8.46. The van der Waals surface area contributed by atoms with Crippen molar-refractivity contribution in [3.05, 3.63) is 58.8 Å². The first kappa shape index (κ1) is 24.1. The molecule has 2 aromatic rings. The Balaban J connectivity index is 1.00. The van der Waals surface area contributed by atoms with Crippen molar-refractivity contribution in [2.45, 2.75) is 83.2 Å². The van der Waals surface area contributed by atoms with E-state index in [1.54, 1.807) is 0 Å². The summed E-state index contributed by atoms with van der Waals surface area (Å²) < 4.78 is 10.1. The number of hydrogen-bond donors (Lipinski definition) is 0. The molecule has 5 nitrogen and oxygen atoms in total. The Morgan fingerprint density at radius 2 is 1.69 bits per heavy atom. The molecule has 1 aromatic carbocycles. The molecule has 1 aromatic heterocycles. The largest absolute Gasteiger partial charge is 0.493 e. The zero-order valence-electron chi connectivity index (χ0n) is 22.0. The molecule has 4 bridgehead atoms. The molecule has 0 N–H and O–H groups in total. The number of hydrogen-bond acceptors (Lipinski definition) is 3. The van der Waals surface area contributed by atoms with Gasteiger partial charge in [-0.25, -0.2) is 4.79 Å². The number of aryl methyl sites for hydroxylation is 1. The standard InChI is InChI=1S/C31H43N3O2/c1-2-17-36-29-8-4-3-7-28(29)27-9-13-32(14-10-27)11-5-6-12-33-15-16-34(30(33)35)31-21-24-18-25(22-31)20-26(19-24)23-31/h3-4,7-9,15-16,24-26H,2,5-6,10-14,17-23H2,1H3. The zero-order chi connectivity index (χ0) is 24.5. The number of rotatable bonds is 10. The molecule has 4 fully saturated rings. The van der Waals surface area contributed by atoms with Crippen LogP contribution in [0, 0.1) is 17.8 Å². The number of benzene rings is 1. The van der Waals surface area contributed by atoms with E-state index >= 15 is 0 Å². The van der Waals surface area contributed by atoms with Gasteiger partial charge in [0.25, 0.3) is 0 Å². The van der Waals surface area contributed by atoms with E-state index in [1.165, 1.54) is 49.7 Å². The maximum Gasteiger partial charge on any atom is 0.328 e. The van der Waals surface area contributed by atoms with E-state index in [4.69, 9.17) is 4.74 Å². The average molecular weight is 490 g/mol. The molecule has 5 heteroatoms. The predicted octanol–water partition coefficient (Wildman–Crippen LogP) is 5.93. The van der Waals surface area contributed by atoms with Crippen LogP contribution in [0.4, 0.5) is 0 Å². The second-order valence-corrected chi connectivity index (χ2v) is 12.1. The van der Waals surface area contributed by atoms with Gasteiger partial charge in [-0.3, -0.25) is 14.0 Å². The van der Waals surface area contributed by atoms with Crippen molar-refractivity contribution in [1.29, 1.82) is 0 Å². The van der Waals surface area contributed by atoms with Gasteiger partial charge < -0.3 is 4.74 Å². The highest BCUT2D eigenvalue weighted by molar-refractivity contribution is 5.71. The lowest BCUT2D eigenvalue weighted by molar-refractivity contribution is -0.0450. The van der Waals surface area contributed by atoms with E-state index in [2.05, 4.69) is 59.1 Å². The smallest absolute Gasteiger partial charge is 0.328 e. The first-order valence-corrected chi connectivity index (χ1v) is 14.6. The molecule has 0 saturated heterocycles. The number of imidazole rings is 1. The topological polar surface area (TPSA) is 39.4 Å². The molecule has 0 radical (unpaired) electrons. The highest BCUT2D eigenvalue weighted by Gasteiger charge is 2.52. The van der Waals surface area contributed by atoms with Gasteiger partial charge in [-0.1, -0.05) is 31.2 Å². The maximum atomic E-state index is 13.3. The van der Waals surface area contributed by atoms with Gasteiger partial charge >= 0.3 is 5.69 Å². The summed E-state index contributed by atoms with van der Waals surface area (Å²) in [7, 11) is 0. The Hall–Kier alpha value is -2.27. The summed E-state index contributed by atoms with van der Waals surface area (Å²) >= 11 is 0. The molecule has 7 rings (SSSR count). The van der Waals surface area contributed by atoms with Crippen molar-refractivity contribution in [3.8, 4) is 5.75 Å². The maximum absolute atomic E-state index is 13.3. The van der Waals surface area contributed by atoms with Crippen molar-refractivity contribution in [2.24, 2.45) is 17.8 Å². The molecule has 194 valence electrons. The van der Waals surface area contributed by atoms with E-state index in [9.17, 15) is 4.79 Å². The van der Waals surface area contributed by atoms with Gasteiger partial charge in [0.15, 0.2) is 0 Å². The summed E-state index contributed by atoms with van der Waals surface area (Å²) in [5.41, 5.74) is 3.05. The number of aromatic nitrogens is 2. The Morgan fingerprint density at radius 3 is 2.39 bits per heavy atom. The van der Waals surface area contributed by atoms with Gasteiger partial charge in [-0.2, -0.15) is 0 Å². The molecular weight excluding hydrogens is 446 g/mol. The summed E-state index contributed by atoms with van der Waals surface area (Å²) in [5.74, 6) is 3.61.